The number of hydrogen-bond donors (Lipinski definition) is 6. The number of aliphatic carboxylic acids is 2. The number of aromatic nitrogens is 2. The standard InChI is InChI=1S/2C25H19Cl2N3O2S/c26-21-8-20-16(12-33-24(20)9-22(21)27)11-30-10-15(6-25(31)32)19-2-1-13(5-23(19)30)14-3-17(28)7-18(29)4-14;26-20-3-4-22-24(25(20)27)16(12-33-22)11-30-10-15(8-23(31)32)19-2-1-13(7-21(19)30)14-5-17(28)9-18(29)6-14/h1-5,7-10,12H,6,11,28-29H2,(H,31,32);1-7,9-10,12H,8,11,28-29H2,(H,31,32). The lowest BCUT2D eigenvalue weighted by atomic mass is 10.0. The quantitative estimate of drug-likeness (QED) is 0.0730. The SMILES string of the molecule is Nc1cc(N)cc(-c2ccc3c(CC(=O)O)cn(Cc4csc5cc(Cl)c(Cl)cc45)c3c2)c1.Nc1cc(N)cc(-c2ccc3c(CC(=O)O)cn(Cc4csc5ccc(Cl)c(Cl)c45)c3c2)c1. The molecule has 66 heavy (non-hydrogen) atoms. The Balaban J connectivity index is 0.000000166. The Morgan fingerprint density at radius 2 is 0.955 bits per heavy atom. The molecule has 0 aliphatic heterocycles. The fourth-order valence-electron chi connectivity index (χ4n) is 8.46. The highest BCUT2D eigenvalue weighted by molar-refractivity contribution is 7.17. The summed E-state index contributed by atoms with van der Waals surface area (Å²) in [5, 5.41) is 28.8. The summed E-state index contributed by atoms with van der Waals surface area (Å²) in [4.78, 5) is 23.0. The van der Waals surface area contributed by atoms with E-state index in [0.29, 0.717) is 55.9 Å². The van der Waals surface area contributed by atoms with Gasteiger partial charge in [0.2, 0.25) is 0 Å². The largest absolute Gasteiger partial charge is 0.481 e. The van der Waals surface area contributed by atoms with Gasteiger partial charge < -0.3 is 42.3 Å². The molecule has 0 spiro atoms. The molecule has 0 fully saturated rings. The molecule has 4 heterocycles. The van der Waals surface area contributed by atoms with E-state index in [0.717, 1.165) is 86.5 Å². The van der Waals surface area contributed by atoms with Crippen LogP contribution in [-0.4, -0.2) is 31.3 Å². The maximum atomic E-state index is 11.5. The molecular weight excluding hydrogens is 955 g/mol. The van der Waals surface area contributed by atoms with Gasteiger partial charge in [0.25, 0.3) is 0 Å². The molecule has 0 saturated heterocycles. The van der Waals surface area contributed by atoms with Crippen LogP contribution in [0.4, 0.5) is 22.7 Å². The fraction of sp³-hybridized carbons (Fsp3) is 0.0800. The zero-order valence-corrected chi connectivity index (χ0v) is 39.3. The number of nitrogen functional groups attached to an aromatic ring is 4. The number of rotatable bonds is 10. The van der Waals surface area contributed by atoms with Crippen molar-refractivity contribution in [2.24, 2.45) is 0 Å². The monoisotopic (exact) mass is 990 g/mol. The van der Waals surface area contributed by atoms with Crippen molar-refractivity contribution in [2.45, 2.75) is 25.9 Å². The molecule has 0 aliphatic carbocycles. The van der Waals surface area contributed by atoms with Crippen molar-refractivity contribution in [3.63, 3.8) is 0 Å². The highest BCUT2D eigenvalue weighted by atomic mass is 35.5. The lowest BCUT2D eigenvalue weighted by Gasteiger charge is -2.09. The second-order valence-electron chi connectivity index (χ2n) is 16.0. The van der Waals surface area contributed by atoms with E-state index in [2.05, 4.69) is 19.9 Å². The minimum Gasteiger partial charge on any atom is -0.481 e. The van der Waals surface area contributed by atoms with Gasteiger partial charge in [-0.25, -0.2) is 0 Å². The van der Waals surface area contributed by atoms with Crippen LogP contribution in [0.15, 0.2) is 120 Å². The summed E-state index contributed by atoms with van der Waals surface area (Å²) >= 11 is 28.5. The second-order valence-corrected chi connectivity index (χ2v) is 19.4. The summed E-state index contributed by atoms with van der Waals surface area (Å²) in [5.74, 6) is -1.75. The van der Waals surface area contributed by atoms with Crippen LogP contribution >= 0.6 is 69.1 Å². The number of thiophene rings is 2. The Kier molecular flexibility index (Phi) is 12.3. The maximum Gasteiger partial charge on any atom is 0.307 e. The van der Waals surface area contributed by atoms with Gasteiger partial charge in [0, 0.05) is 84.8 Å². The molecule has 0 atom stereocenters. The zero-order valence-electron chi connectivity index (χ0n) is 34.6. The van der Waals surface area contributed by atoms with E-state index in [1.54, 1.807) is 40.9 Å². The summed E-state index contributed by atoms with van der Waals surface area (Å²) in [7, 11) is 0. The first-order valence-corrected chi connectivity index (χ1v) is 23.5. The Hall–Kier alpha value is -6.38. The van der Waals surface area contributed by atoms with Crippen LogP contribution < -0.4 is 22.9 Å². The van der Waals surface area contributed by atoms with Crippen molar-refractivity contribution < 1.29 is 19.8 Å². The average Bonchev–Trinajstić information content (AvgIpc) is 4.02. The molecule has 10 aromatic rings. The average molecular weight is 993 g/mol. The summed E-state index contributed by atoms with van der Waals surface area (Å²) in [5.41, 5.74) is 35.5. The Bertz CT molecular complexity index is 3540. The number of carbonyl (C=O) groups is 2. The van der Waals surface area contributed by atoms with Crippen LogP contribution in [0.1, 0.15) is 22.3 Å². The third kappa shape index (κ3) is 9.08. The van der Waals surface area contributed by atoms with Gasteiger partial charge in [-0.2, -0.15) is 0 Å². The number of hydrogen-bond acceptors (Lipinski definition) is 8. The van der Waals surface area contributed by atoms with Gasteiger partial charge in [0.1, 0.15) is 0 Å². The molecule has 10 nitrogen and oxygen atoms in total. The van der Waals surface area contributed by atoms with Crippen molar-refractivity contribution in [1.82, 2.24) is 9.13 Å². The Morgan fingerprint density at radius 3 is 1.47 bits per heavy atom. The number of benzene rings is 6. The van der Waals surface area contributed by atoms with Crippen molar-refractivity contribution >= 4 is 146 Å². The van der Waals surface area contributed by atoms with E-state index in [9.17, 15) is 19.8 Å². The molecule has 4 aromatic heterocycles. The van der Waals surface area contributed by atoms with Crippen molar-refractivity contribution in [2.75, 3.05) is 22.9 Å². The molecule has 0 saturated carbocycles. The van der Waals surface area contributed by atoms with Gasteiger partial charge in [-0.1, -0.05) is 70.7 Å². The minimum absolute atomic E-state index is 0.0557. The van der Waals surface area contributed by atoms with Crippen LogP contribution in [0.25, 0.3) is 64.2 Å². The third-order valence-electron chi connectivity index (χ3n) is 11.3. The fourth-order valence-corrected chi connectivity index (χ4v) is 11.3. The van der Waals surface area contributed by atoms with Crippen LogP contribution in [0, 0.1) is 0 Å². The predicted octanol–water partition coefficient (Wildman–Crippen LogP) is 13.3. The lowest BCUT2D eigenvalue weighted by Crippen LogP contribution is -2.00. The van der Waals surface area contributed by atoms with E-state index < -0.39 is 11.9 Å². The number of nitrogens with two attached hydrogens (primary N) is 4. The van der Waals surface area contributed by atoms with E-state index >= 15 is 0 Å². The predicted molar refractivity (Wildman–Crippen MR) is 277 cm³/mol. The molecule has 0 unspecified atom stereocenters. The van der Waals surface area contributed by atoms with E-state index in [-0.39, 0.29) is 12.8 Å². The first-order valence-electron chi connectivity index (χ1n) is 20.3. The molecule has 0 radical (unpaired) electrons. The number of nitrogens with zero attached hydrogens (tertiary/aromatic N) is 2. The van der Waals surface area contributed by atoms with E-state index in [1.165, 1.54) is 0 Å². The maximum absolute atomic E-state index is 11.5. The Morgan fingerprint density at radius 1 is 0.485 bits per heavy atom. The third-order valence-corrected chi connectivity index (χ3v) is 14.8. The molecule has 0 aliphatic rings. The minimum atomic E-state index is -0.877. The normalized spacial score (nSPS) is 11.5. The van der Waals surface area contributed by atoms with Crippen LogP contribution in [0.2, 0.25) is 20.1 Å². The van der Waals surface area contributed by atoms with Gasteiger partial charge >= 0.3 is 11.9 Å². The Labute approximate surface area is 405 Å². The first kappa shape index (κ1) is 44.8. The van der Waals surface area contributed by atoms with Gasteiger partial charge in [-0.05, 0) is 133 Å². The summed E-state index contributed by atoms with van der Waals surface area (Å²) < 4.78 is 6.25. The molecule has 0 amide bonds. The number of carboxylic acids is 2. The molecule has 332 valence electrons. The highest BCUT2D eigenvalue weighted by Gasteiger charge is 2.18. The molecule has 10 rings (SSSR count). The zero-order chi connectivity index (χ0) is 46.6. The number of carboxylic acid groups (broad SMARTS) is 2. The van der Waals surface area contributed by atoms with Crippen molar-refractivity contribution in [3.8, 4) is 22.3 Å². The summed E-state index contributed by atoms with van der Waals surface area (Å²) in [6.45, 7) is 1.09. The molecule has 16 heteroatoms. The molecule has 6 aromatic carbocycles. The number of fused-ring (bicyclic) bond motifs is 4. The number of anilines is 4. The van der Waals surface area contributed by atoms with E-state index in [1.807, 2.05) is 91.3 Å². The molecule has 0 bridgehead atoms. The van der Waals surface area contributed by atoms with Crippen molar-refractivity contribution in [3.05, 3.63) is 163 Å². The van der Waals surface area contributed by atoms with Gasteiger partial charge in [0.15, 0.2) is 0 Å². The second kappa shape index (κ2) is 18.1. The van der Waals surface area contributed by atoms with Crippen LogP contribution in [-0.2, 0) is 35.5 Å². The number of halogens is 4. The summed E-state index contributed by atoms with van der Waals surface area (Å²) in [6, 6.07) is 30.4. The van der Waals surface area contributed by atoms with Gasteiger partial charge in [-0.3, -0.25) is 9.59 Å². The summed E-state index contributed by atoms with van der Waals surface area (Å²) in [6.07, 6.45) is 3.69. The van der Waals surface area contributed by atoms with Crippen LogP contribution in [0.5, 0.6) is 0 Å². The smallest absolute Gasteiger partial charge is 0.307 e. The van der Waals surface area contributed by atoms with Gasteiger partial charge in [-0.15, -0.1) is 22.7 Å². The van der Waals surface area contributed by atoms with Crippen molar-refractivity contribution in [1.29, 1.82) is 0 Å². The molecular formula is C50H38Cl4N6O4S2. The van der Waals surface area contributed by atoms with Crippen LogP contribution in [0.3, 0.4) is 0 Å². The van der Waals surface area contributed by atoms with Gasteiger partial charge in [0.05, 0.1) is 32.9 Å². The lowest BCUT2D eigenvalue weighted by molar-refractivity contribution is -0.137. The first-order chi connectivity index (χ1) is 31.6. The highest BCUT2D eigenvalue weighted by Crippen LogP contribution is 2.39. The molecule has 10 N–H and O–H groups in total. The van der Waals surface area contributed by atoms with E-state index in [4.69, 9.17) is 69.3 Å². The topological polar surface area (TPSA) is 189 Å².